The highest BCUT2D eigenvalue weighted by atomic mass is 16.2. The molecular formula is C28H29N3O2. The molecule has 5 heteroatoms. The van der Waals surface area contributed by atoms with E-state index in [0.717, 1.165) is 50.2 Å². The molecule has 1 saturated heterocycles. The van der Waals surface area contributed by atoms with Crippen LogP contribution in [0.3, 0.4) is 0 Å². The van der Waals surface area contributed by atoms with Crippen molar-refractivity contribution >= 4 is 16.8 Å². The van der Waals surface area contributed by atoms with E-state index in [4.69, 9.17) is 0 Å². The maximum Gasteiger partial charge on any atom is 0.248 e. The summed E-state index contributed by atoms with van der Waals surface area (Å²) >= 11 is 0. The minimum Gasteiger partial charge on any atom is -0.347 e. The molecule has 0 bridgehead atoms. The lowest BCUT2D eigenvalue weighted by atomic mass is 9.96. The number of piperidine rings is 1. The first-order valence-electron chi connectivity index (χ1n) is 11.8. The van der Waals surface area contributed by atoms with Crippen molar-refractivity contribution < 1.29 is 4.79 Å². The van der Waals surface area contributed by atoms with Gasteiger partial charge in [0.05, 0.1) is 0 Å². The topological polar surface area (TPSA) is 58.1 Å². The summed E-state index contributed by atoms with van der Waals surface area (Å²) in [4.78, 5) is 29.2. The zero-order valence-electron chi connectivity index (χ0n) is 18.7. The molecule has 0 saturated carbocycles. The fraction of sp³-hybridized carbons (Fsp3) is 0.286. The van der Waals surface area contributed by atoms with E-state index >= 15 is 0 Å². The largest absolute Gasteiger partial charge is 0.347 e. The Morgan fingerprint density at radius 3 is 2.55 bits per heavy atom. The van der Waals surface area contributed by atoms with E-state index in [1.165, 1.54) is 22.5 Å². The van der Waals surface area contributed by atoms with Crippen LogP contribution in [-0.2, 0) is 17.8 Å². The normalized spacial score (nSPS) is 14.6. The van der Waals surface area contributed by atoms with Crippen LogP contribution in [0.25, 0.3) is 22.2 Å². The third-order valence-electron chi connectivity index (χ3n) is 6.74. The summed E-state index contributed by atoms with van der Waals surface area (Å²) < 4.78 is 2.32. The third kappa shape index (κ3) is 4.92. The van der Waals surface area contributed by atoms with Crippen molar-refractivity contribution in [1.29, 1.82) is 0 Å². The molecule has 1 N–H and O–H groups in total. The van der Waals surface area contributed by atoms with Gasteiger partial charge in [-0.15, -0.1) is 0 Å². The first-order valence-corrected chi connectivity index (χ1v) is 11.8. The van der Waals surface area contributed by atoms with Crippen molar-refractivity contribution in [3.05, 3.63) is 94.9 Å². The minimum atomic E-state index is -0.0879. The van der Waals surface area contributed by atoms with Gasteiger partial charge >= 0.3 is 0 Å². The Labute approximate surface area is 193 Å². The van der Waals surface area contributed by atoms with Crippen LogP contribution in [0.15, 0.2) is 83.8 Å². The molecule has 0 spiro atoms. The van der Waals surface area contributed by atoms with Gasteiger partial charge in [-0.05, 0) is 60.6 Å². The van der Waals surface area contributed by atoms with Gasteiger partial charge in [0.15, 0.2) is 0 Å². The second-order valence-corrected chi connectivity index (χ2v) is 8.98. The standard InChI is InChI=1S/C28H29N3O2/c32-27-8-4-7-25(29-27)23-10-11-26-24(19-23)15-18-31(26)20-22-13-16-30(17-14-22)28(33)12-9-21-5-2-1-3-6-21/h1-8,10-11,15,18-19,22H,9,12-14,16-17,20H2,(H,29,32). The number of pyridine rings is 1. The van der Waals surface area contributed by atoms with Gasteiger partial charge in [-0.25, -0.2) is 0 Å². The lowest BCUT2D eigenvalue weighted by Crippen LogP contribution is -2.39. The summed E-state index contributed by atoms with van der Waals surface area (Å²) in [6.45, 7) is 2.67. The number of aromatic amines is 1. The highest BCUT2D eigenvalue weighted by Gasteiger charge is 2.23. The van der Waals surface area contributed by atoms with Crippen LogP contribution >= 0.6 is 0 Å². The molecule has 0 atom stereocenters. The molecule has 33 heavy (non-hydrogen) atoms. The molecule has 2 aromatic carbocycles. The summed E-state index contributed by atoms with van der Waals surface area (Å²) in [6.07, 6.45) is 5.64. The van der Waals surface area contributed by atoms with Crippen LogP contribution in [0.2, 0.25) is 0 Å². The molecule has 1 aliphatic rings. The number of aromatic nitrogens is 2. The van der Waals surface area contributed by atoms with Gasteiger partial charge in [0.2, 0.25) is 11.5 Å². The van der Waals surface area contributed by atoms with E-state index in [1.54, 1.807) is 6.07 Å². The highest BCUT2D eigenvalue weighted by molar-refractivity contribution is 5.85. The fourth-order valence-corrected chi connectivity index (χ4v) is 4.84. The monoisotopic (exact) mass is 439 g/mol. The van der Waals surface area contributed by atoms with Gasteiger partial charge < -0.3 is 14.5 Å². The molecule has 5 nitrogen and oxygen atoms in total. The van der Waals surface area contributed by atoms with Gasteiger partial charge in [0.1, 0.15) is 0 Å². The Bertz CT molecular complexity index is 1300. The van der Waals surface area contributed by atoms with E-state index in [1.807, 2.05) is 29.2 Å². The number of H-pyrrole nitrogens is 1. The molecule has 3 heterocycles. The quantitative estimate of drug-likeness (QED) is 0.466. The number of aryl methyl sites for hydroxylation is 1. The number of hydrogen-bond donors (Lipinski definition) is 1. The van der Waals surface area contributed by atoms with Crippen LogP contribution in [0.5, 0.6) is 0 Å². The summed E-state index contributed by atoms with van der Waals surface area (Å²) in [5.41, 5.74) is 4.19. The number of carbonyl (C=O) groups excluding carboxylic acids is 1. The number of hydrogen-bond acceptors (Lipinski definition) is 2. The maximum atomic E-state index is 12.6. The van der Waals surface area contributed by atoms with Crippen LogP contribution in [0, 0.1) is 5.92 Å². The van der Waals surface area contributed by atoms with Crippen molar-refractivity contribution in [2.75, 3.05) is 13.1 Å². The SMILES string of the molecule is O=C(CCc1ccccc1)N1CCC(Cn2ccc3cc(-c4cccc(=O)[nH]4)ccc32)CC1. The van der Waals surface area contributed by atoms with Crippen LogP contribution in [0.1, 0.15) is 24.8 Å². The molecule has 1 fully saturated rings. The Hall–Kier alpha value is -3.60. The van der Waals surface area contributed by atoms with Crippen molar-refractivity contribution in [2.45, 2.75) is 32.2 Å². The lowest BCUT2D eigenvalue weighted by Gasteiger charge is -2.32. The Balaban J connectivity index is 1.18. The van der Waals surface area contributed by atoms with Gasteiger partial charge in [-0.1, -0.05) is 42.5 Å². The molecule has 0 aliphatic carbocycles. The summed E-state index contributed by atoms with van der Waals surface area (Å²) in [5, 5.41) is 1.17. The Morgan fingerprint density at radius 1 is 0.939 bits per heavy atom. The fourth-order valence-electron chi connectivity index (χ4n) is 4.84. The maximum absolute atomic E-state index is 12.6. The number of likely N-dealkylation sites (tertiary alicyclic amines) is 1. The molecule has 4 aromatic rings. The van der Waals surface area contributed by atoms with Crippen LogP contribution in [-0.4, -0.2) is 33.4 Å². The Morgan fingerprint density at radius 2 is 1.76 bits per heavy atom. The zero-order valence-corrected chi connectivity index (χ0v) is 18.7. The van der Waals surface area contributed by atoms with E-state index in [0.29, 0.717) is 12.3 Å². The smallest absolute Gasteiger partial charge is 0.248 e. The lowest BCUT2D eigenvalue weighted by molar-refractivity contribution is -0.132. The number of carbonyl (C=O) groups is 1. The number of rotatable bonds is 6. The molecular weight excluding hydrogens is 410 g/mol. The number of fused-ring (bicyclic) bond motifs is 1. The van der Waals surface area contributed by atoms with Crippen molar-refractivity contribution in [2.24, 2.45) is 5.92 Å². The summed E-state index contributed by atoms with van der Waals surface area (Å²) in [7, 11) is 0. The Kier molecular flexibility index (Phi) is 6.11. The van der Waals surface area contributed by atoms with E-state index in [9.17, 15) is 9.59 Å². The van der Waals surface area contributed by atoms with Crippen molar-refractivity contribution in [1.82, 2.24) is 14.5 Å². The van der Waals surface area contributed by atoms with Crippen molar-refractivity contribution in [3.63, 3.8) is 0 Å². The average molecular weight is 440 g/mol. The van der Waals surface area contributed by atoms with E-state index in [2.05, 4.69) is 52.1 Å². The van der Waals surface area contributed by atoms with Gasteiger partial charge in [0.25, 0.3) is 0 Å². The second kappa shape index (κ2) is 9.49. The number of benzene rings is 2. The predicted octanol–water partition coefficient (Wildman–Crippen LogP) is 4.87. The predicted molar refractivity (Wildman–Crippen MR) is 132 cm³/mol. The van der Waals surface area contributed by atoms with Gasteiger partial charge in [-0.3, -0.25) is 9.59 Å². The van der Waals surface area contributed by atoms with Crippen LogP contribution < -0.4 is 5.56 Å². The van der Waals surface area contributed by atoms with Gasteiger partial charge in [0, 0.05) is 54.9 Å². The molecule has 0 radical (unpaired) electrons. The first kappa shape index (κ1) is 21.3. The molecule has 0 unspecified atom stereocenters. The van der Waals surface area contributed by atoms with E-state index < -0.39 is 0 Å². The number of nitrogens with zero attached hydrogens (tertiary/aromatic N) is 2. The van der Waals surface area contributed by atoms with Crippen molar-refractivity contribution in [3.8, 4) is 11.3 Å². The molecule has 2 aromatic heterocycles. The average Bonchev–Trinajstić information content (AvgIpc) is 3.25. The number of nitrogens with one attached hydrogen (secondary N) is 1. The molecule has 5 rings (SSSR count). The first-order chi connectivity index (χ1) is 16.2. The third-order valence-corrected chi connectivity index (χ3v) is 6.74. The molecule has 1 amide bonds. The second-order valence-electron chi connectivity index (χ2n) is 8.98. The highest BCUT2D eigenvalue weighted by Crippen LogP contribution is 2.26. The number of amides is 1. The summed E-state index contributed by atoms with van der Waals surface area (Å²) in [6, 6.07) is 23.9. The zero-order chi connectivity index (χ0) is 22.6. The minimum absolute atomic E-state index is 0.0879. The van der Waals surface area contributed by atoms with Crippen LogP contribution in [0.4, 0.5) is 0 Å². The van der Waals surface area contributed by atoms with Gasteiger partial charge in [-0.2, -0.15) is 0 Å². The summed E-state index contributed by atoms with van der Waals surface area (Å²) in [5.74, 6) is 0.846. The van der Waals surface area contributed by atoms with E-state index in [-0.39, 0.29) is 11.5 Å². The molecule has 168 valence electrons. The molecule has 1 aliphatic heterocycles.